The fraction of sp³-hybridized carbons (Fsp3) is 0.619. The molecule has 2 amide bonds. The fourth-order valence-electron chi connectivity index (χ4n) is 2.67. The first-order valence-corrected chi connectivity index (χ1v) is 10.0. The molecule has 0 aliphatic carbocycles. The van der Waals surface area contributed by atoms with Crippen molar-refractivity contribution in [3.05, 3.63) is 34.9 Å². The summed E-state index contributed by atoms with van der Waals surface area (Å²) in [5, 5.41) is 1.99. The predicted molar refractivity (Wildman–Crippen MR) is 108 cm³/mol. The number of benzene rings is 1. The molecule has 0 radical (unpaired) electrons. The minimum atomic E-state index is -0.521. The number of hydrogen-bond donors (Lipinski definition) is 1. The second-order valence-corrected chi connectivity index (χ2v) is 8.16. The van der Waals surface area contributed by atoms with Crippen LogP contribution < -0.4 is 5.43 Å². The molecule has 5 heteroatoms. The molecular weight excluding hydrogens is 348 g/mol. The molecule has 0 heterocycles. The third kappa shape index (κ3) is 8.22. The Morgan fingerprint density at radius 2 is 1.50 bits per heavy atom. The van der Waals surface area contributed by atoms with Gasteiger partial charge in [-0.05, 0) is 51.5 Å². The number of carbonyl (C=O) groups excluding carboxylic acids is 2. The van der Waals surface area contributed by atoms with E-state index in [0.29, 0.717) is 17.0 Å². The lowest BCUT2D eigenvalue weighted by Crippen LogP contribution is -2.55. The molecule has 26 heavy (non-hydrogen) atoms. The molecule has 1 aromatic rings. The van der Waals surface area contributed by atoms with Gasteiger partial charge >= 0.3 is 0 Å². The average molecular weight is 381 g/mol. The highest BCUT2D eigenvalue weighted by Crippen LogP contribution is 2.17. The second kappa shape index (κ2) is 11.2. The Labute approximate surface area is 163 Å². The van der Waals surface area contributed by atoms with Crippen LogP contribution in [0.15, 0.2) is 24.3 Å². The highest BCUT2D eigenvalue weighted by atomic mass is 35.5. The Kier molecular flexibility index (Phi) is 9.71. The molecule has 1 N–H and O–H groups in total. The molecule has 1 rings (SSSR count). The minimum absolute atomic E-state index is 0.115. The summed E-state index contributed by atoms with van der Waals surface area (Å²) in [6.45, 7) is 7.90. The quantitative estimate of drug-likeness (QED) is 0.437. The number of amides is 2. The van der Waals surface area contributed by atoms with Gasteiger partial charge < -0.3 is 0 Å². The molecule has 0 aliphatic rings. The largest absolute Gasteiger partial charge is 0.273 e. The molecule has 0 saturated heterocycles. The lowest BCUT2D eigenvalue weighted by Gasteiger charge is -2.35. The van der Waals surface area contributed by atoms with Gasteiger partial charge in [0.1, 0.15) is 0 Å². The third-order valence-electron chi connectivity index (χ3n) is 4.21. The first kappa shape index (κ1) is 22.5. The molecule has 0 aliphatic heterocycles. The SMILES string of the molecule is CCCCCCCCCC(=O)NN(C(=O)c1ccc(Cl)cc1)C(C)(C)C. The summed E-state index contributed by atoms with van der Waals surface area (Å²) in [6.07, 6.45) is 8.55. The van der Waals surface area contributed by atoms with E-state index >= 15 is 0 Å². The number of nitrogens with zero attached hydrogens (tertiary/aromatic N) is 1. The van der Waals surface area contributed by atoms with Crippen LogP contribution in [0.3, 0.4) is 0 Å². The number of unbranched alkanes of at least 4 members (excludes halogenated alkanes) is 6. The molecule has 0 unspecified atom stereocenters. The standard InChI is InChI=1S/C21H33ClN2O2/c1-5-6-7-8-9-10-11-12-19(25)23-24(21(2,3)4)20(26)17-13-15-18(22)16-14-17/h13-16H,5-12H2,1-4H3,(H,23,25). The van der Waals surface area contributed by atoms with Crippen LogP contribution in [0.5, 0.6) is 0 Å². The van der Waals surface area contributed by atoms with E-state index in [1.807, 2.05) is 20.8 Å². The van der Waals surface area contributed by atoms with E-state index in [-0.39, 0.29) is 11.8 Å². The number of carbonyl (C=O) groups is 2. The van der Waals surface area contributed by atoms with Crippen LogP contribution in [0.25, 0.3) is 0 Å². The van der Waals surface area contributed by atoms with E-state index in [1.54, 1.807) is 24.3 Å². The van der Waals surface area contributed by atoms with Gasteiger partial charge in [0, 0.05) is 17.0 Å². The highest BCUT2D eigenvalue weighted by Gasteiger charge is 2.29. The van der Waals surface area contributed by atoms with Crippen molar-refractivity contribution in [1.29, 1.82) is 0 Å². The normalized spacial score (nSPS) is 11.3. The van der Waals surface area contributed by atoms with Crippen LogP contribution in [0.1, 0.15) is 89.4 Å². The van der Waals surface area contributed by atoms with Crippen molar-refractivity contribution >= 4 is 23.4 Å². The molecule has 0 spiro atoms. The van der Waals surface area contributed by atoms with Crippen molar-refractivity contribution in [2.75, 3.05) is 0 Å². The number of halogens is 1. The Balaban J connectivity index is 2.53. The number of nitrogens with one attached hydrogen (secondary N) is 1. The molecule has 146 valence electrons. The zero-order valence-electron chi connectivity index (χ0n) is 16.6. The third-order valence-corrected chi connectivity index (χ3v) is 4.46. The van der Waals surface area contributed by atoms with Gasteiger partial charge in [-0.15, -0.1) is 0 Å². The molecule has 0 fully saturated rings. The summed E-state index contributed by atoms with van der Waals surface area (Å²) in [7, 11) is 0. The van der Waals surface area contributed by atoms with Crippen LogP contribution in [-0.2, 0) is 4.79 Å². The van der Waals surface area contributed by atoms with Gasteiger partial charge in [0.05, 0.1) is 5.54 Å². The van der Waals surface area contributed by atoms with Gasteiger partial charge in [0.25, 0.3) is 5.91 Å². The van der Waals surface area contributed by atoms with Gasteiger partial charge in [-0.2, -0.15) is 0 Å². The molecule has 1 aromatic carbocycles. The topological polar surface area (TPSA) is 49.4 Å². The predicted octanol–water partition coefficient (Wildman–Crippen LogP) is 5.75. The Bertz CT molecular complexity index is 564. The summed E-state index contributed by atoms with van der Waals surface area (Å²) in [5.41, 5.74) is 2.77. The van der Waals surface area contributed by atoms with Crippen molar-refractivity contribution < 1.29 is 9.59 Å². The van der Waals surface area contributed by atoms with Crippen molar-refractivity contribution in [3.8, 4) is 0 Å². The van der Waals surface area contributed by atoms with Crippen LogP contribution in [-0.4, -0.2) is 22.4 Å². The van der Waals surface area contributed by atoms with Gasteiger partial charge in [-0.3, -0.25) is 15.0 Å². The monoisotopic (exact) mass is 380 g/mol. The van der Waals surface area contributed by atoms with E-state index in [1.165, 1.54) is 37.1 Å². The lowest BCUT2D eigenvalue weighted by atomic mass is 10.1. The number of hydrogen-bond acceptors (Lipinski definition) is 2. The van der Waals surface area contributed by atoms with Crippen molar-refractivity contribution in [2.24, 2.45) is 0 Å². The maximum absolute atomic E-state index is 12.8. The van der Waals surface area contributed by atoms with Gasteiger partial charge in [0.15, 0.2) is 0 Å². The number of hydrazine groups is 1. The van der Waals surface area contributed by atoms with Gasteiger partial charge in [-0.1, -0.05) is 57.0 Å². The highest BCUT2D eigenvalue weighted by molar-refractivity contribution is 6.30. The fourth-order valence-corrected chi connectivity index (χ4v) is 2.79. The van der Waals surface area contributed by atoms with Crippen LogP contribution in [0, 0.1) is 0 Å². The summed E-state index contributed by atoms with van der Waals surface area (Å²) < 4.78 is 0. The molecule has 4 nitrogen and oxygen atoms in total. The smallest absolute Gasteiger partial charge is 0.272 e. The second-order valence-electron chi connectivity index (χ2n) is 7.72. The maximum atomic E-state index is 12.8. The first-order valence-electron chi connectivity index (χ1n) is 9.65. The Morgan fingerprint density at radius 1 is 0.962 bits per heavy atom. The Morgan fingerprint density at radius 3 is 2.04 bits per heavy atom. The summed E-state index contributed by atoms with van der Waals surface area (Å²) in [6, 6.07) is 6.70. The Hall–Kier alpha value is -1.55. The van der Waals surface area contributed by atoms with Crippen LogP contribution >= 0.6 is 11.6 Å². The van der Waals surface area contributed by atoms with E-state index in [0.717, 1.165) is 12.8 Å². The van der Waals surface area contributed by atoms with Crippen molar-refractivity contribution in [3.63, 3.8) is 0 Å². The van der Waals surface area contributed by atoms with E-state index in [9.17, 15) is 9.59 Å². The first-order chi connectivity index (χ1) is 12.3. The van der Waals surface area contributed by atoms with Gasteiger partial charge in [0.2, 0.25) is 5.91 Å². The summed E-state index contributed by atoms with van der Waals surface area (Å²) in [4.78, 5) is 25.1. The number of rotatable bonds is 9. The zero-order valence-corrected chi connectivity index (χ0v) is 17.4. The molecular formula is C21H33ClN2O2. The van der Waals surface area contributed by atoms with Gasteiger partial charge in [-0.25, -0.2) is 5.01 Å². The van der Waals surface area contributed by atoms with Crippen molar-refractivity contribution in [2.45, 2.75) is 84.6 Å². The average Bonchev–Trinajstić information content (AvgIpc) is 2.58. The van der Waals surface area contributed by atoms with Crippen LogP contribution in [0.4, 0.5) is 0 Å². The molecule has 0 atom stereocenters. The summed E-state index contributed by atoms with van der Waals surface area (Å²) in [5.74, 6) is -0.349. The maximum Gasteiger partial charge on any atom is 0.272 e. The molecule has 0 saturated carbocycles. The van der Waals surface area contributed by atoms with E-state index in [2.05, 4.69) is 12.3 Å². The molecule has 0 aromatic heterocycles. The minimum Gasteiger partial charge on any atom is -0.273 e. The van der Waals surface area contributed by atoms with Crippen molar-refractivity contribution in [1.82, 2.24) is 10.4 Å². The zero-order chi connectivity index (χ0) is 19.6. The van der Waals surface area contributed by atoms with Crippen LogP contribution in [0.2, 0.25) is 5.02 Å². The van der Waals surface area contributed by atoms with E-state index in [4.69, 9.17) is 11.6 Å². The molecule has 0 bridgehead atoms. The lowest BCUT2D eigenvalue weighted by molar-refractivity contribution is -0.127. The summed E-state index contributed by atoms with van der Waals surface area (Å²) >= 11 is 5.89. The van der Waals surface area contributed by atoms with E-state index < -0.39 is 5.54 Å².